The summed E-state index contributed by atoms with van der Waals surface area (Å²) < 4.78 is 17.7. The van der Waals surface area contributed by atoms with E-state index in [-0.39, 0.29) is 11.9 Å². The van der Waals surface area contributed by atoms with Gasteiger partial charge in [-0.05, 0) is 64.3 Å². The number of nitrogens with zero attached hydrogens (tertiary/aromatic N) is 1. The second-order valence-corrected chi connectivity index (χ2v) is 8.74. The van der Waals surface area contributed by atoms with E-state index in [0.717, 1.165) is 29.8 Å². The molecule has 0 spiro atoms. The van der Waals surface area contributed by atoms with Crippen molar-refractivity contribution in [3.8, 4) is 11.5 Å². The maximum Gasteiger partial charge on any atom is 0.315 e. The van der Waals surface area contributed by atoms with Crippen molar-refractivity contribution in [1.82, 2.24) is 10.2 Å². The average molecular weight is 407 g/mol. The molecular weight excluding hydrogens is 372 g/mol. The largest absolute Gasteiger partial charge is 0.439 e. The van der Waals surface area contributed by atoms with Gasteiger partial charge >= 0.3 is 17.8 Å². The van der Waals surface area contributed by atoms with Gasteiger partial charge in [0.2, 0.25) is 0 Å². The summed E-state index contributed by atoms with van der Waals surface area (Å²) in [5.41, 5.74) is 1.78. The van der Waals surface area contributed by atoms with Crippen molar-refractivity contribution in [2.24, 2.45) is 5.41 Å². The Morgan fingerprint density at radius 1 is 1.03 bits per heavy atom. The van der Waals surface area contributed by atoms with Gasteiger partial charge in [-0.15, -0.1) is 0 Å². The molecule has 0 amide bonds. The van der Waals surface area contributed by atoms with Crippen molar-refractivity contribution in [2.45, 2.75) is 61.3 Å². The van der Waals surface area contributed by atoms with E-state index in [4.69, 9.17) is 14.2 Å². The Hall–Kier alpha value is -2.12. The number of piperazine rings is 1. The number of carbonyl (C=O) groups excluding carboxylic acids is 2. The lowest BCUT2D eigenvalue weighted by atomic mass is 9.97. The monoisotopic (exact) mass is 406 g/mol. The van der Waals surface area contributed by atoms with Gasteiger partial charge in [0, 0.05) is 40.0 Å². The highest BCUT2D eigenvalue weighted by Crippen LogP contribution is 2.36. The fraction of sp³-hybridized carbons (Fsp3) is 0.636. The van der Waals surface area contributed by atoms with Gasteiger partial charge in [0.25, 0.3) is 0 Å². The highest BCUT2D eigenvalue weighted by molar-refractivity contribution is 5.75. The predicted molar refractivity (Wildman–Crippen MR) is 111 cm³/mol. The minimum absolute atomic E-state index is 0.332. The lowest BCUT2D eigenvalue weighted by molar-refractivity contribution is -0.260. The molecule has 0 bridgehead atoms. The summed E-state index contributed by atoms with van der Waals surface area (Å²) in [6.45, 7) is 17.2. The van der Waals surface area contributed by atoms with E-state index < -0.39 is 11.3 Å². The second-order valence-electron chi connectivity index (χ2n) is 8.74. The summed E-state index contributed by atoms with van der Waals surface area (Å²) in [5.74, 6) is -0.814. The highest BCUT2D eigenvalue weighted by atomic mass is 16.7. The van der Waals surface area contributed by atoms with Gasteiger partial charge in [-0.2, -0.15) is 0 Å². The van der Waals surface area contributed by atoms with Gasteiger partial charge in [-0.25, -0.2) is 4.90 Å². The number of esters is 2. The van der Waals surface area contributed by atoms with E-state index in [2.05, 4.69) is 5.32 Å². The normalized spacial score (nSPS) is 17.4. The number of aryl methyl sites for hydroxylation is 1. The van der Waals surface area contributed by atoms with Gasteiger partial charge in [-0.1, -0.05) is 0 Å². The molecule has 7 nitrogen and oxygen atoms in total. The summed E-state index contributed by atoms with van der Waals surface area (Å²) in [6, 6.07) is 1.83. The van der Waals surface area contributed by atoms with E-state index in [0.29, 0.717) is 24.6 Å². The van der Waals surface area contributed by atoms with Crippen molar-refractivity contribution in [3.05, 3.63) is 22.8 Å². The molecule has 7 heteroatoms. The van der Waals surface area contributed by atoms with Crippen LogP contribution in [0.3, 0.4) is 0 Å². The van der Waals surface area contributed by atoms with E-state index in [1.54, 1.807) is 6.92 Å². The fourth-order valence-electron chi connectivity index (χ4n) is 3.18. The number of rotatable bonds is 5. The van der Waals surface area contributed by atoms with Crippen molar-refractivity contribution in [1.29, 1.82) is 0 Å². The van der Waals surface area contributed by atoms with Crippen LogP contribution in [0.2, 0.25) is 0 Å². The molecule has 1 unspecified atom stereocenters. The van der Waals surface area contributed by atoms with E-state index in [9.17, 15) is 9.59 Å². The topological polar surface area (TPSA) is 77.1 Å². The minimum atomic E-state index is -1.25. The number of carbonyl (C=O) groups is 2. The molecule has 1 atom stereocenters. The van der Waals surface area contributed by atoms with Crippen LogP contribution in [0.25, 0.3) is 0 Å². The molecule has 2 rings (SSSR count). The first-order valence-corrected chi connectivity index (χ1v) is 10.0. The van der Waals surface area contributed by atoms with Crippen LogP contribution in [-0.2, 0) is 14.3 Å². The van der Waals surface area contributed by atoms with Crippen molar-refractivity contribution >= 4 is 11.9 Å². The molecule has 29 heavy (non-hydrogen) atoms. The Kier molecular flexibility index (Phi) is 6.96. The van der Waals surface area contributed by atoms with Crippen LogP contribution in [0.1, 0.15) is 51.3 Å². The van der Waals surface area contributed by atoms with Crippen LogP contribution in [0.5, 0.6) is 11.5 Å². The molecule has 1 aliphatic heterocycles. The third-order valence-corrected chi connectivity index (χ3v) is 5.11. The standard InChI is InChI=1S/C22H34N2O5/c1-14-13-18(15(2)16(3)19(14)27-17(4)25)28-22(8,24-11-9-23-10-12-24)29-20(26)21(5,6)7/h13,23H,9-12H2,1-8H3. The summed E-state index contributed by atoms with van der Waals surface area (Å²) >= 11 is 0. The van der Waals surface area contributed by atoms with Gasteiger partial charge in [0.05, 0.1) is 5.41 Å². The number of hydrogen-bond donors (Lipinski definition) is 1. The van der Waals surface area contributed by atoms with Gasteiger partial charge in [0.15, 0.2) is 0 Å². The van der Waals surface area contributed by atoms with Crippen LogP contribution < -0.4 is 14.8 Å². The SMILES string of the molecule is CC(=O)Oc1c(C)cc(OC(C)(OC(=O)C(C)(C)C)N2CCNCC2)c(C)c1C. The van der Waals surface area contributed by atoms with Crippen molar-refractivity contribution < 1.29 is 23.8 Å². The lowest BCUT2D eigenvalue weighted by Crippen LogP contribution is -2.60. The molecule has 1 aromatic rings. The van der Waals surface area contributed by atoms with Crippen LogP contribution >= 0.6 is 0 Å². The molecule has 0 radical (unpaired) electrons. The predicted octanol–water partition coefficient (Wildman–Crippen LogP) is 3.08. The molecule has 1 aromatic carbocycles. The quantitative estimate of drug-likeness (QED) is 0.457. The lowest BCUT2D eigenvalue weighted by Gasteiger charge is -2.43. The van der Waals surface area contributed by atoms with E-state index in [1.807, 2.05) is 52.5 Å². The molecule has 0 aliphatic carbocycles. The Morgan fingerprint density at radius 3 is 2.14 bits per heavy atom. The van der Waals surface area contributed by atoms with Crippen LogP contribution in [0.15, 0.2) is 6.07 Å². The third-order valence-electron chi connectivity index (χ3n) is 5.11. The molecule has 0 aromatic heterocycles. The Labute approximate surface area is 173 Å². The summed E-state index contributed by atoms with van der Waals surface area (Å²) in [6.07, 6.45) is 0. The molecule has 1 saturated heterocycles. The van der Waals surface area contributed by atoms with Crippen molar-refractivity contribution in [3.63, 3.8) is 0 Å². The Morgan fingerprint density at radius 2 is 1.62 bits per heavy atom. The Balaban J connectivity index is 2.42. The molecule has 1 N–H and O–H groups in total. The summed E-state index contributed by atoms with van der Waals surface area (Å²) in [7, 11) is 0. The third kappa shape index (κ3) is 5.48. The summed E-state index contributed by atoms with van der Waals surface area (Å²) in [4.78, 5) is 26.2. The maximum absolute atomic E-state index is 12.7. The molecule has 1 aliphatic rings. The van der Waals surface area contributed by atoms with E-state index >= 15 is 0 Å². The first kappa shape index (κ1) is 23.2. The molecular formula is C22H34N2O5. The van der Waals surface area contributed by atoms with Crippen LogP contribution in [0, 0.1) is 26.2 Å². The highest BCUT2D eigenvalue weighted by Gasteiger charge is 2.42. The molecule has 1 fully saturated rings. The summed E-state index contributed by atoms with van der Waals surface area (Å²) in [5, 5.41) is 3.30. The van der Waals surface area contributed by atoms with Crippen LogP contribution in [-0.4, -0.2) is 48.9 Å². The van der Waals surface area contributed by atoms with Gasteiger partial charge in [0.1, 0.15) is 11.5 Å². The molecule has 0 saturated carbocycles. The number of ether oxygens (including phenoxy) is 3. The zero-order valence-electron chi connectivity index (χ0n) is 18.9. The number of hydrogen-bond acceptors (Lipinski definition) is 7. The minimum Gasteiger partial charge on any atom is -0.439 e. The Bertz CT molecular complexity index is 778. The maximum atomic E-state index is 12.7. The average Bonchev–Trinajstić information content (AvgIpc) is 2.63. The molecule has 1 heterocycles. The zero-order valence-corrected chi connectivity index (χ0v) is 18.9. The molecule has 162 valence electrons. The van der Waals surface area contributed by atoms with E-state index in [1.165, 1.54) is 6.92 Å². The van der Waals surface area contributed by atoms with Crippen molar-refractivity contribution in [2.75, 3.05) is 26.2 Å². The second kappa shape index (κ2) is 8.71. The number of nitrogens with one attached hydrogen (secondary N) is 1. The first-order chi connectivity index (χ1) is 13.3. The number of benzene rings is 1. The fourth-order valence-corrected chi connectivity index (χ4v) is 3.18. The van der Waals surface area contributed by atoms with Gasteiger partial charge < -0.3 is 19.5 Å². The first-order valence-electron chi connectivity index (χ1n) is 10.0. The van der Waals surface area contributed by atoms with Crippen LogP contribution in [0.4, 0.5) is 0 Å². The zero-order chi connectivity index (χ0) is 22.0. The smallest absolute Gasteiger partial charge is 0.315 e. The van der Waals surface area contributed by atoms with Gasteiger partial charge in [-0.3, -0.25) is 9.59 Å².